The zero-order valence-corrected chi connectivity index (χ0v) is 7.91. The Bertz CT molecular complexity index is 214. The number of carbonyl (C=O) groups is 1. The minimum atomic E-state index is -0.983. The van der Waals surface area contributed by atoms with Gasteiger partial charge in [0.2, 0.25) is 5.79 Å². The molecule has 1 saturated heterocycles. The lowest BCUT2D eigenvalue weighted by Crippen LogP contribution is -2.51. The predicted molar refractivity (Wildman–Crippen MR) is 46.1 cm³/mol. The lowest BCUT2D eigenvalue weighted by Gasteiger charge is -2.37. The van der Waals surface area contributed by atoms with E-state index >= 15 is 0 Å². The summed E-state index contributed by atoms with van der Waals surface area (Å²) in [6, 6.07) is 0. The van der Waals surface area contributed by atoms with Gasteiger partial charge in [0.1, 0.15) is 12.7 Å². The zero-order chi connectivity index (χ0) is 9.90. The molecule has 13 heavy (non-hydrogen) atoms. The number of hydrogen-bond donors (Lipinski definition) is 0. The molecule has 74 valence electrons. The molecule has 1 fully saturated rings. The van der Waals surface area contributed by atoms with E-state index in [4.69, 9.17) is 14.2 Å². The molecule has 0 aliphatic carbocycles. The Morgan fingerprint density at radius 2 is 2.54 bits per heavy atom. The molecule has 0 saturated carbocycles. The second-order valence-corrected chi connectivity index (χ2v) is 3.04. The van der Waals surface area contributed by atoms with Crippen molar-refractivity contribution in [2.75, 3.05) is 13.2 Å². The summed E-state index contributed by atoms with van der Waals surface area (Å²) in [5.74, 6) is -1.38. The monoisotopic (exact) mass is 186 g/mol. The lowest BCUT2D eigenvalue weighted by atomic mass is 10.2. The van der Waals surface area contributed by atoms with Crippen molar-refractivity contribution in [2.45, 2.75) is 25.7 Å². The van der Waals surface area contributed by atoms with E-state index in [2.05, 4.69) is 6.58 Å². The highest BCUT2D eigenvalue weighted by molar-refractivity contribution is 5.71. The number of rotatable bonds is 3. The molecule has 2 atom stereocenters. The van der Waals surface area contributed by atoms with Crippen LogP contribution < -0.4 is 0 Å². The first-order valence-corrected chi connectivity index (χ1v) is 4.17. The van der Waals surface area contributed by atoms with E-state index in [0.29, 0.717) is 6.61 Å². The molecule has 0 bridgehead atoms. The van der Waals surface area contributed by atoms with Crippen molar-refractivity contribution >= 4 is 5.97 Å². The van der Waals surface area contributed by atoms with Gasteiger partial charge >= 0.3 is 5.97 Å². The van der Waals surface area contributed by atoms with Gasteiger partial charge in [0, 0.05) is 6.92 Å². The lowest BCUT2D eigenvalue weighted by molar-refractivity contribution is -0.287. The van der Waals surface area contributed by atoms with Gasteiger partial charge in [-0.05, 0) is 6.92 Å². The van der Waals surface area contributed by atoms with Gasteiger partial charge in [-0.25, -0.2) is 4.79 Å². The molecular weight excluding hydrogens is 172 g/mol. The molecule has 0 aromatic carbocycles. The van der Waals surface area contributed by atoms with Crippen LogP contribution in [0.4, 0.5) is 0 Å². The van der Waals surface area contributed by atoms with Crippen molar-refractivity contribution in [3.63, 3.8) is 0 Å². The summed E-state index contributed by atoms with van der Waals surface area (Å²) in [6.45, 7) is 7.32. The fourth-order valence-corrected chi connectivity index (χ4v) is 1.05. The normalized spacial score (nSPS) is 34.0. The summed E-state index contributed by atoms with van der Waals surface area (Å²) in [6.07, 6.45) is 1.34. The number of cyclic esters (lactones) is 1. The second kappa shape index (κ2) is 3.89. The van der Waals surface area contributed by atoms with Crippen LogP contribution in [0, 0.1) is 0 Å². The molecule has 1 heterocycles. The number of ether oxygens (including phenoxy) is 3. The third-order valence-electron chi connectivity index (χ3n) is 1.99. The molecular formula is C9H14O4. The van der Waals surface area contributed by atoms with Gasteiger partial charge in [0.15, 0.2) is 0 Å². The molecule has 1 aliphatic rings. The third-order valence-corrected chi connectivity index (χ3v) is 1.99. The number of esters is 1. The Morgan fingerprint density at radius 1 is 1.85 bits per heavy atom. The topological polar surface area (TPSA) is 44.8 Å². The zero-order valence-electron chi connectivity index (χ0n) is 7.91. The average molecular weight is 186 g/mol. The van der Waals surface area contributed by atoms with Gasteiger partial charge in [-0.3, -0.25) is 0 Å². The predicted octanol–water partition coefficient (Wildman–Crippen LogP) is 0.867. The van der Waals surface area contributed by atoms with Crippen LogP contribution in [0.25, 0.3) is 0 Å². The quantitative estimate of drug-likeness (QED) is 0.484. The van der Waals surface area contributed by atoms with Crippen LogP contribution in [-0.2, 0) is 19.0 Å². The summed E-state index contributed by atoms with van der Waals surface area (Å²) >= 11 is 0. The molecule has 0 aromatic heterocycles. The highest BCUT2D eigenvalue weighted by Gasteiger charge is 2.41. The Morgan fingerprint density at radius 3 is 3.15 bits per heavy atom. The first-order chi connectivity index (χ1) is 6.08. The second-order valence-electron chi connectivity index (χ2n) is 3.04. The maximum absolute atomic E-state index is 10.9. The van der Waals surface area contributed by atoms with Crippen LogP contribution in [0.1, 0.15) is 13.8 Å². The van der Waals surface area contributed by atoms with E-state index in [-0.39, 0.29) is 12.7 Å². The number of carbonyl (C=O) groups excluding carboxylic acids is 1. The van der Waals surface area contributed by atoms with Crippen LogP contribution in [0.2, 0.25) is 0 Å². The largest absolute Gasteiger partial charge is 0.429 e. The maximum Gasteiger partial charge on any atom is 0.334 e. The van der Waals surface area contributed by atoms with E-state index in [1.807, 2.05) is 0 Å². The van der Waals surface area contributed by atoms with Crippen LogP contribution in [0.5, 0.6) is 0 Å². The Labute approximate surface area is 77.5 Å². The van der Waals surface area contributed by atoms with E-state index in [1.165, 1.54) is 0 Å². The molecule has 0 aromatic rings. The van der Waals surface area contributed by atoms with E-state index in [0.717, 1.165) is 0 Å². The Balaban J connectivity index is 2.60. The van der Waals surface area contributed by atoms with Crippen molar-refractivity contribution in [3.8, 4) is 0 Å². The average Bonchev–Trinajstić information content (AvgIpc) is 2.09. The first-order valence-electron chi connectivity index (χ1n) is 4.17. The summed E-state index contributed by atoms with van der Waals surface area (Å²) in [7, 11) is 0. The van der Waals surface area contributed by atoms with Crippen LogP contribution in [-0.4, -0.2) is 31.1 Å². The van der Waals surface area contributed by atoms with Gasteiger partial charge in [-0.1, -0.05) is 6.08 Å². The van der Waals surface area contributed by atoms with E-state index in [1.54, 1.807) is 19.9 Å². The summed E-state index contributed by atoms with van der Waals surface area (Å²) < 4.78 is 15.5. The molecule has 4 heteroatoms. The molecule has 0 amide bonds. The van der Waals surface area contributed by atoms with Gasteiger partial charge < -0.3 is 14.2 Å². The van der Waals surface area contributed by atoms with Crippen molar-refractivity contribution in [3.05, 3.63) is 12.7 Å². The summed E-state index contributed by atoms with van der Waals surface area (Å²) in [5, 5.41) is 0. The van der Waals surface area contributed by atoms with Gasteiger partial charge in [0.25, 0.3) is 0 Å². The molecule has 2 unspecified atom stereocenters. The highest BCUT2D eigenvalue weighted by Crippen LogP contribution is 2.24. The number of hydrogen-bond acceptors (Lipinski definition) is 4. The molecule has 4 nitrogen and oxygen atoms in total. The Kier molecular flexibility index (Phi) is 3.06. The molecule has 1 rings (SSSR count). The maximum atomic E-state index is 10.9. The highest BCUT2D eigenvalue weighted by atomic mass is 16.8. The first kappa shape index (κ1) is 10.2. The fraction of sp³-hybridized carbons (Fsp3) is 0.667. The van der Waals surface area contributed by atoms with Crippen molar-refractivity contribution in [2.24, 2.45) is 0 Å². The Hall–Kier alpha value is -0.870. The van der Waals surface area contributed by atoms with Crippen molar-refractivity contribution in [1.82, 2.24) is 0 Å². The van der Waals surface area contributed by atoms with Crippen molar-refractivity contribution in [1.29, 1.82) is 0 Å². The molecule has 0 N–H and O–H groups in total. The smallest absolute Gasteiger partial charge is 0.334 e. The van der Waals surface area contributed by atoms with Crippen LogP contribution in [0.3, 0.4) is 0 Å². The minimum Gasteiger partial charge on any atom is -0.429 e. The molecule has 0 spiro atoms. The van der Waals surface area contributed by atoms with Crippen LogP contribution >= 0.6 is 0 Å². The van der Waals surface area contributed by atoms with E-state index < -0.39 is 11.8 Å². The third kappa shape index (κ3) is 2.29. The summed E-state index contributed by atoms with van der Waals surface area (Å²) in [4.78, 5) is 10.9. The minimum absolute atomic E-state index is 0.00575. The van der Waals surface area contributed by atoms with Crippen molar-refractivity contribution < 1.29 is 19.0 Å². The van der Waals surface area contributed by atoms with E-state index in [9.17, 15) is 4.79 Å². The van der Waals surface area contributed by atoms with Gasteiger partial charge in [-0.15, -0.1) is 6.58 Å². The van der Waals surface area contributed by atoms with Gasteiger partial charge in [-0.2, -0.15) is 0 Å². The molecule has 0 radical (unpaired) electrons. The fourth-order valence-electron chi connectivity index (χ4n) is 1.05. The standard InChI is InChI=1S/C9H14O4/c1-4-5-12-9(3)7(2)11-6-8(10)13-9/h4,7H,1,5-6H2,2-3H3. The summed E-state index contributed by atoms with van der Waals surface area (Å²) in [5.41, 5.74) is 0. The molecule has 1 aliphatic heterocycles. The van der Waals surface area contributed by atoms with Gasteiger partial charge in [0.05, 0.1) is 6.61 Å². The van der Waals surface area contributed by atoms with Crippen LogP contribution in [0.15, 0.2) is 12.7 Å². The SMILES string of the molecule is C=CCOC1(C)OC(=O)COC1C.